The van der Waals surface area contributed by atoms with Gasteiger partial charge in [0.2, 0.25) is 0 Å². The predicted molar refractivity (Wildman–Crippen MR) is 50.5 cm³/mol. The molecule has 1 N–H and O–H groups in total. The SMILES string of the molecule is O=C(O)n1nnnc1Cc1ccccc1. The molecule has 6 heteroatoms. The minimum Gasteiger partial charge on any atom is -0.463 e. The first kappa shape index (κ1) is 9.32. The van der Waals surface area contributed by atoms with Crippen molar-refractivity contribution < 1.29 is 9.90 Å². The van der Waals surface area contributed by atoms with Gasteiger partial charge >= 0.3 is 6.09 Å². The molecule has 0 saturated heterocycles. The number of nitrogens with zero attached hydrogens (tertiary/aromatic N) is 4. The highest BCUT2D eigenvalue weighted by Gasteiger charge is 2.11. The van der Waals surface area contributed by atoms with Gasteiger partial charge in [-0.25, -0.2) is 4.79 Å². The zero-order valence-electron chi connectivity index (χ0n) is 7.74. The lowest BCUT2D eigenvalue weighted by Gasteiger charge is -1.98. The third-order valence-electron chi connectivity index (χ3n) is 1.92. The first-order valence-electron chi connectivity index (χ1n) is 4.32. The second-order valence-corrected chi connectivity index (χ2v) is 2.95. The summed E-state index contributed by atoms with van der Waals surface area (Å²) in [5.41, 5.74) is 0.967. The maximum atomic E-state index is 10.7. The Kier molecular flexibility index (Phi) is 2.40. The lowest BCUT2D eigenvalue weighted by Crippen LogP contribution is -2.14. The van der Waals surface area contributed by atoms with Gasteiger partial charge in [-0.05, 0) is 16.0 Å². The van der Waals surface area contributed by atoms with Gasteiger partial charge in [-0.3, -0.25) is 0 Å². The second kappa shape index (κ2) is 3.87. The van der Waals surface area contributed by atoms with Crippen LogP contribution in [0.1, 0.15) is 11.4 Å². The van der Waals surface area contributed by atoms with E-state index in [1.807, 2.05) is 30.3 Å². The molecule has 1 aromatic heterocycles. The second-order valence-electron chi connectivity index (χ2n) is 2.95. The van der Waals surface area contributed by atoms with E-state index < -0.39 is 6.09 Å². The molecule has 2 rings (SSSR count). The molecule has 1 heterocycles. The van der Waals surface area contributed by atoms with Crippen LogP contribution in [0, 0.1) is 0 Å². The highest BCUT2D eigenvalue weighted by Crippen LogP contribution is 2.05. The van der Waals surface area contributed by atoms with Crippen molar-refractivity contribution >= 4 is 6.09 Å². The number of hydrogen-bond acceptors (Lipinski definition) is 4. The summed E-state index contributed by atoms with van der Waals surface area (Å²) >= 11 is 0. The summed E-state index contributed by atoms with van der Waals surface area (Å²) in [7, 11) is 0. The van der Waals surface area contributed by atoms with Crippen molar-refractivity contribution in [2.75, 3.05) is 0 Å². The molecule has 0 aliphatic rings. The fourth-order valence-corrected chi connectivity index (χ4v) is 1.24. The summed E-state index contributed by atoms with van der Waals surface area (Å²) in [5, 5.41) is 19.1. The molecule has 0 aliphatic heterocycles. The van der Waals surface area contributed by atoms with E-state index in [9.17, 15) is 4.79 Å². The number of benzene rings is 1. The zero-order chi connectivity index (χ0) is 10.7. The lowest BCUT2D eigenvalue weighted by molar-refractivity contribution is 0.191. The topological polar surface area (TPSA) is 80.9 Å². The maximum absolute atomic E-state index is 10.7. The first-order chi connectivity index (χ1) is 7.27. The van der Waals surface area contributed by atoms with E-state index in [1.54, 1.807) is 0 Å². The molecule has 0 atom stereocenters. The number of aromatic nitrogens is 4. The van der Waals surface area contributed by atoms with E-state index in [4.69, 9.17) is 5.11 Å². The van der Waals surface area contributed by atoms with Gasteiger partial charge in [0.15, 0.2) is 5.82 Å². The van der Waals surface area contributed by atoms with Gasteiger partial charge in [-0.2, -0.15) is 0 Å². The summed E-state index contributed by atoms with van der Waals surface area (Å²) in [6.45, 7) is 0. The van der Waals surface area contributed by atoms with Crippen LogP contribution in [0.2, 0.25) is 0 Å². The van der Waals surface area contributed by atoms with Crippen LogP contribution in [0.25, 0.3) is 0 Å². The summed E-state index contributed by atoms with van der Waals surface area (Å²) in [6, 6.07) is 9.43. The molecule has 1 aromatic carbocycles. The molecule has 0 amide bonds. The van der Waals surface area contributed by atoms with Crippen molar-refractivity contribution in [1.29, 1.82) is 0 Å². The smallest absolute Gasteiger partial charge is 0.435 e. The molecule has 0 radical (unpaired) electrons. The average molecular weight is 204 g/mol. The highest BCUT2D eigenvalue weighted by molar-refractivity contribution is 5.67. The van der Waals surface area contributed by atoms with Crippen molar-refractivity contribution in [2.45, 2.75) is 6.42 Å². The predicted octanol–water partition coefficient (Wildman–Crippen LogP) is 0.790. The molecular weight excluding hydrogens is 196 g/mol. The van der Waals surface area contributed by atoms with Crippen molar-refractivity contribution in [2.24, 2.45) is 0 Å². The minimum atomic E-state index is -1.18. The third kappa shape index (κ3) is 1.98. The minimum absolute atomic E-state index is 0.314. The molecule has 0 unspecified atom stereocenters. The normalized spacial score (nSPS) is 10.1. The molecule has 76 valence electrons. The molecule has 0 aliphatic carbocycles. The highest BCUT2D eigenvalue weighted by atomic mass is 16.4. The van der Waals surface area contributed by atoms with Gasteiger partial charge in [-0.15, -0.1) is 9.78 Å². The molecular formula is C9H8N4O2. The summed E-state index contributed by atoms with van der Waals surface area (Å²) in [6.07, 6.45) is -0.772. The standard InChI is InChI=1S/C9H8N4O2/c14-9(15)13-8(10-11-12-13)6-7-4-2-1-3-5-7/h1-5H,6H2,(H,14,15). The monoisotopic (exact) mass is 204 g/mol. The molecule has 15 heavy (non-hydrogen) atoms. The number of tetrazole rings is 1. The summed E-state index contributed by atoms with van der Waals surface area (Å²) in [5.74, 6) is 0.314. The van der Waals surface area contributed by atoms with E-state index in [0.29, 0.717) is 12.2 Å². The number of carbonyl (C=O) groups is 1. The number of carboxylic acid groups (broad SMARTS) is 1. The van der Waals surface area contributed by atoms with Gasteiger partial charge in [0.1, 0.15) is 0 Å². The van der Waals surface area contributed by atoms with Crippen molar-refractivity contribution in [3.05, 3.63) is 41.7 Å². The van der Waals surface area contributed by atoms with E-state index in [-0.39, 0.29) is 0 Å². The van der Waals surface area contributed by atoms with Gasteiger partial charge in [0.05, 0.1) is 0 Å². The van der Waals surface area contributed by atoms with E-state index >= 15 is 0 Å². The van der Waals surface area contributed by atoms with Gasteiger partial charge in [0.25, 0.3) is 0 Å². The Balaban J connectivity index is 2.25. The molecule has 0 spiro atoms. The molecule has 0 saturated carbocycles. The van der Waals surface area contributed by atoms with Crippen LogP contribution in [0.15, 0.2) is 30.3 Å². The van der Waals surface area contributed by atoms with Gasteiger partial charge in [0, 0.05) is 6.42 Å². The number of rotatable bonds is 2. The Bertz CT molecular complexity index is 466. The fourth-order valence-electron chi connectivity index (χ4n) is 1.24. The van der Waals surface area contributed by atoms with Crippen LogP contribution < -0.4 is 0 Å². The van der Waals surface area contributed by atoms with Crippen molar-refractivity contribution in [3.63, 3.8) is 0 Å². The Labute approximate surface area is 85.2 Å². The van der Waals surface area contributed by atoms with E-state index in [0.717, 1.165) is 10.2 Å². The Hall–Kier alpha value is -2.24. The van der Waals surface area contributed by atoms with Crippen molar-refractivity contribution in [3.8, 4) is 0 Å². The molecule has 6 nitrogen and oxygen atoms in total. The molecule has 2 aromatic rings. The quantitative estimate of drug-likeness (QED) is 0.731. The van der Waals surface area contributed by atoms with Crippen molar-refractivity contribution in [1.82, 2.24) is 20.2 Å². The van der Waals surface area contributed by atoms with E-state index in [1.165, 1.54) is 0 Å². The summed E-state index contributed by atoms with van der Waals surface area (Å²) in [4.78, 5) is 10.7. The van der Waals surface area contributed by atoms with Crippen LogP contribution in [-0.4, -0.2) is 31.4 Å². The first-order valence-corrected chi connectivity index (χ1v) is 4.32. The van der Waals surface area contributed by atoms with Crippen LogP contribution >= 0.6 is 0 Å². The van der Waals surface area contributed by atoms with Gasteiger partial charge in [-0.1, -0.05) is 30.3 Å². The van der Waals surface area contributed by atoms with Crippen LogP contribution in [-0.2, 0) is 6.42 Å². The lowest BCUT2D eigenvalue weighted by atomic mass is 10.1. The Morgan fingerprint density at radius 2 is 2.07 bits per heavy atom. The average Bonchev–Trinajstić information content (AvgIpc) is 2.67. The maximum Gasteiger partial charge on any atom is 0.435 e. The zero-order valence-corrected chi connectivity index (χ0v) is 7.74. The number of hydrogen-bond donors (Lipinski definition) is 1. The van der Waals surface area contributed by atoms with E-state index in [2.05, 4.69) is 15.5 Å². The van der Waals surface area contributed by atoms with Crippen LogP contribution in [0.3, 0.4) is 0 Å². The van der Waals surface area contributed by atoms with Gasteiger partial charge < -0.3 is 5.11 Å². The summed E-state index contributed by atoms with van der Waals surface area (Å²) < 4.78 is 0.771. The largest absolute Gasteiger partial charge is 0.463 e. The fraction of sp³-hybridized carbons (Fsp3) is 0.111. The molecule has 0 fully saturated rings. The molecule has 0 bridgehead atoms. The van der Waals surface area contributed by atoms with Crippen LogP contribution in [0.5, 0.6) is 0 Å². The Morgan fingerprint density at radius 3 is 2.73 bits per heavy atom. The van der Waals surface area contributed by atoms with Crippen LogP contribution in [0.4, 0.5) is 4.79 Å². The Morgan fingerprint density at radius 1 is 1.33 bits per heavy atom. The third-order valence-corrected chi connectivity index (χ3v) is 1.92.